The van der Waals surface area contributed by atoms with Crippen molar-refractivity contribution in [3.63, 3.8) is 0 Å². The smallest absolute Gasteiger partial charge is 0.0953 e. The van der Waals surface area contributed by atoms with Gasteiger partial charge in [0.25, 0.3) is 0 Å². The molecule has 0 aliphatic heterocycles. The van der Waals surface area contributed by atoms with Crippen LogP contribution in [0.15, 0.2) is 47.6 Å². The van der Waals surface area contributed by atoms with Crippen molar-refractivity contribution < 1.29 is 5.11 Å². The molecule has 0 fully saturated rings. The van der Waals surface area contributed by atoms with Crippen molar-refractivity contribution in [2.75, 3.05) is 5.75 Å². The van der Waals surface area contributed by atoms with Crippen molar-refractivity contribution in [2.24, 2.45) is 0 Å². The minimum absolute atomic E-state index is 0.221. The normalized spacial score (nSPS) is 9.45. The third kappa shape index (κ3) is 3.14. The van der Waals surface area contributed by atoms with E-state index < -0.39 is 0 Å². The Morgan fingerprint density at radius 2 is 2.00 bits per heavy atom. The highest BCUT2D eigenvalue weighted by atomic mass is 32.2. The van der Waals surface area contributed by atoms with Crippen LogP contribution >= 0.6 is 11.8 Å². The van der Waals surface area contributed by atoms with Gasteiger partial charge in [0.1, 0.15) is 0 Å². The van der Waals surface area contributed by atoms with Crippen molar-refractivity contribution in [1.29, 1.82) is 0 Å². The van der Waals surface area contributed by atoms with Crippen LogP contribution in [0.5, 0.6) is 0 Å². The number of thioether (sulfide) groups is 1. The maximum atomic E-state index is 8.80. The lowest BCUT2D eigenvalue weighted by Gasteiger charge is -1.97. The summed E-state index contributed by atoms with van der Waals surface area (Å²) in [6.07, 6.45) is 0. The molecule has 0 aromatic heterocycles. The fourth-order valence-corrected chi connectivity index (χ4v) is 1.37. The summed E-state index contributed by atoms with van der Waals surface area (Å²) in [5.41, 5.74) is 0. The number of rotatable bonds is 3. The van der Waals surface area contributed by atoms with E-state index in [1.165, 1.54) is 0 Å². The third-order valence-electron chi connectivity index (χ3n) is 1.15. The first-order chi connectivity index (χ1) is 5.29. The van der Waals surface area contributed by atoms with Gasteiger partial charge in [-0.05, 0) is 12.1 Å². The average molecular weight is 166 g/mol. The molecule has 1 aromatic rings. The Balaban J connectivity index is 2.45. The van der Waals surface area contributed by atoms with Gasteiger partial charge in [-0.1, -0.05) is 24.8 Å². The molecule has 0 radical (unpaired) electrons. The van der Waals surface area contributed by atoms with Crippen LogP contribution in [0.25, 0.3) is 0 Å². The van der Waals surface area contributed by atoms with Crippen LogP contribution < -0.4 is 0 Å². The zero-order valence-corrected chi connectivity index (χ0v) is 6.97. The van der Waals surface area contributed by atoms with Gasteiger partial charge in [-0.15, -0.1) is 11.8 Å². The highest BCUT2D eigenvalue weighted by molar-refractivity contribution is 7.99. The molecular weight excluding hydrogens is 156 g/mol. The third-order valence-corrected chi connectivity index (χ3v) is 2.23. The molecule has 1 rings (SSSR count). The number of benzene rings is 1. The Morgan fingerprint density at radius 3 is 2.55 bits per heavy atom. The second-order valence-electron chi connectivity index (χ2n) is 2.17. The van der Waals surface area contributed by atoms with E-state index in [9.17, 15) is 0 Å². The maximum absolute atomic E-state index is 8.80. The molecule has 0 heterocycles. The van der Waals surface area contributed by atoms with E-state index >= 15 is 0 Å². The maximum Gasteiger partial charge on any atom is 0.0953 e. The van der Waals surface area contributed by atoms with E-state index in [0.717, 1.165) is 4.90 Å². The fraction of sp³-hybridized carbons (Fsp3) is 0.111. The summed E-state index contributed by atoms with van der Waals surface area (Å²) < 4.78 is 0. The number of hydrogen-bond acceptors (Lipinski definition) is 2. The lowest BCUT2D eigenvalue weighted by Crippen LogP contribution is -1.81. The van der Waals surface area contributed by atoms with Crippen LogP contribution in [0.4, 0.5) is 0 Å². The Kier molecular flexibility index (Phi) is 3.05. The van der Waals surface area contributed by atoms with Gasteiger partial charge in [-0.25, -0.2) is 0 Å². The predicted molar refractivity (Wildman–Crippen MR) is 48.9 cm³/mol. The minimum Gasteiger partial charge on any atom is -0.512 e. The van der Waals surface area contributed by atoms with Crippen molar-refractivity contribution in [3.8, 4) is 0 Å². The Hall–Kier alpha value is -0.890. The van der Waals surface area contributed by atoms with Crippen LogP contribution in [0, 0.1) is 0 Å². The molecule has 2 heteroatoms. The molecule has 0 aliphatic rings. The molecule has 0 saturated carbocycles. The molecule has 1 aromatic carbocycles. The molecule has 1 N–H and O–H groups in total. The van der Waals surface area contributed by atoms with Crippen molar-refractivity contribution >= 4 is 11.8 Å². The van der Waals surface area contributed by atoms with Crippen LogP contribution in [0.2, 0.25) is 0 Å². The summed E-state index contributed by atoms with van der Waals surface area (Å²) in [6.45, 7) is 3.40. The van der Waals surface area contributed by atoms with Crippen molar-refractivity contribution in [3.05, 3.63) is 42.7 Å². The number of aliphatic hydroxyl groups is 1. The fourth-order valence-electron chi connectivity index (χ4n) is 0.683. The van der Waals surface area contributed by atoms with Gasteiger partial charge in [0.15, 0.2) is 0 Å². The second kappa shape index (κ2) is 4.09. The molecule has 0 aliphatic carbocycles. The van der Waals surface area contributed by atoms with E-state index in [-0.39, 0.29) is 5.76 Å². The van der Waals surface area contributed by atoms with Gasteiger partial charge >= 0.3 is 0 Å². The van der Waals surface area contributed by atoms with Gasteiger partial charge in [-0.2, -0.15) is 0 Å². The Bertz CT molecular complexity index is 231. The summed E-state index contributed by atoms with van der Waals surface area (Å²) in [5.74, 6) is 0.795. The highest BCUT2D eigenvalue weighted by Gasteiger charge is 1.92. The van der Waals surface area contributed by atoms with Gasteiger partial charge in [0, 0.05) is 4.90 Å². The predicted octanol–water partition coefficient (Wildman–Crippen LogP) is 2.85. The summed E-state index contributed by atoms with van der Waals surface area (Å²) >= 11 is 1.58. The van der Waals surface area contributed by atoms with Gasteiger partial charge < -0.3 is 5.11 Å². The van der Waals surface area contributed by atoms with E-state index in [1.54, 1.807) is 11.8 Å². The monoisotopic (exact) mass is 166 g/mol. The summed E-state index contributed by atoms with van der Waals surface area (Å²) in [4.78, 5) is 1.16. The van der Waals surface area contributed by atoms with Crippen LogP contribution in [-0.4, -0.2) is 10.9 Å². The highest BCUT2D eigenvalue weighted by Crippen LogP contribution is 2.17. The van der Waals surface area contributed by atoms with Gasteiger partial charge in [0.05, 0.1) is 11.5 Å². The molecule has 1 nitrogen and oxygen atoms in total. The second-order valence-corrected chi connectivity index (χ2v) is 3.22. The first kappa shape index (κ1) is 8.21. The largest absolute Gasteiger partial charge is 0.512 e. The zero-order chi connectivity index (χ0) is 8.10. The van der Waals surface area contributed by atoms with Crippen LogP contribution in [-0.2, 0) is 0 Å². The Labute approximate surface area is 70.8 Å². The molecule has 58 valence electrons. The Morgan fingerprint density at radius 1 is 1.36 bits per heavy atom. The lowest BCUT2D eigenvalue weighted by atomic mass is 10.4. The van der Waals surface area contributed by atoms with E-state index in [2.05, 4.69) is 6.58 Å². The molecular formula is C9H10OS. The standard InChI is InChI=1S/C9H10OS/c1-8(10)7-11-9-5-3-2-4-6-9/h2-6,10H,1,7H2. The van der Waals surface area contributed by atoms with Gasteiger partial charge in [0.2, 0.25) is 0 Å². The van der Waals surface area contributed by atoms with E-state index in [0.29, 0.717) is 5.75 Å². The first-order valence-electron chi connectivity index (χ1n) is 3.33. The molecule has 0 saturated heterocycles. The van der Waals surface area contributed by atoms with Crippen molar-refractivity contribution in [1.82, 2.24) is 0 Å². The van der Waals surface area contributed by atoms with Gasteiger partial charge in [-0.3, -0.25) is 0 Å². The van der Waals surface area contributed by atoms with Crippen LogP contribution in [0.3, 0.4) is 0 Å². The van der Waals surface area contributed by atoms with Crippen molar-refractivity contribution in [2.45, 2.75) is 4.90 Å². The summed E-state index contributed by atoms with van der Waals surface area (Å²) in [6, 6.07) is 9.93. The van der Waals surface area contributed by atoms with Crippen LogP contribution in [0.1, 0.15) is 0 Å². The summed E-state index contributed by atoms with van der Waals surface area (Å²) in [7, 11) is 0. The average Bonchev–Trinajstić information content (AvgIpc) is 2.03. The molecule has 0 atom stereocenters. The minimum atomic E-state index is 0.221. The van der Waals surface area contributed by atoms with E-state index in [4.69, 9.17) is 5.11 Å². The molecule has 0 bridgehead atoms. The SMILES string of the molecule is C=C(O)CSc1ccccc1. The summed E-state index contributed by atoms with van der Waals surface area (Å²) in [5, 5.41) is 8.80. The molecule has 0 spiro atoms. The lowest BCUT2D eigenvalue weighted by molar-refractivity contribution is 0.420. The number of hydrogen-bond donors (Lipinski definition) is 1. The quantitative estimate of drug-likeness (QED) is 0.550. The zero-order valence-electron chi connectivity index (χ0n) is 6.16. The molecule has 11 heavy (non-hydrogen) atoms. The first-order valence-corrected chi connectivity index (χ1v) is 4.32. The molecule has 0 amide bonds. The number of aliphatic hydroxyl groups excluding tert-OH is 1. The topological polar surface area (TPSA) is 20.2 Å². The molecule has 0 unspecified atom stereocenters. The van der Waals surface area contributed by atoms with E-state index in [1.807, 2.05) is 30.3 Å².